The van der Waals surface area contributed by atoms with Crippen LogP contribution in [0.4, 0.5) is 0 Å². The van der Waals surface area contributed by atoms with Gasteiger partial charge in [-0.3, -0.25) is 9.59 Å². The van der Waals surface area contributed by atoms with Crippen LogP contribution in [0.5, 0.6) is 0 Å². The summed E-state index contributed by atoms with van der Waals surface area (Å²) in [5.74, 6) is 0.0786. The van der Waals surface area contributed by atoms with E-state index in [9.17, 15) is 9.59 Å². The number of benzene rings is 1. The molecule has 0 radical (unpaired) electrons. The smallest absolute Gasteiger partial charge is 0.253 e. The molecular formula is C16H21ClN2O2. The minimum atomic E-state index is -0.256. The highest BCUT2D eigenvalue weighted by Gasteiger charge is 2.22. The van der Waals surface area contributed by atoms with Crippen molar-refractivity contribution in [2.24, 2.45) is 11.7 Å². The highest BCUT2D eigenvalue weighted by Crippen LogP contribution is 2.23. The molecule has 0 spiro atoms. The molecule has 0 bridgehead atoms. The standard InChI is InChI=1S/C16H21ClN2O2/c1-11-9-13(4-5-14(11)17)16(21)19-7-2-3-12(6-8-19)10-15(18)20/h4-5,9,12H,2-3,6-8,10H2,1H3,(H2,18,20). The van der Waals surface area contributed by atoms with Crippen molar-refractivity contribution in [3.05, 3.63) is 34.3 Å². The van der Waals surface area contributed by atoms with Crippen LogP contribution >= 0.6 is 11.6 Å². The first-order valence-corrected chi connectivity index (χ1v) is 7.69. The van der Waals surface area contributed by atoms with Gasteiger partial charge in [0.05, 0.1) is 0 Å². The van der Waals surface area contributed by atoms with Gasteiger partial charge in [0.1, 0.15) is 0 Å². The molecule has 1 atom stereocenters. The molecule has 1 aliphatic rings. The summed E-state index contributed by atoms with van der Waals surface area (Å²) in [5, 5.41) is 0.670. The lowest BCUT2D eigenvalue weighted by molar-refractivity contribution is -0.119. The first-order chi connectivity index (χ1) is 9.97. The first-order valence-electron chi connectivity index (χ1n) is 7.31. The molecule has 1 aromatic carbocycles. The molecule has 1 fully saturated rings. The predicted octanol–water partition coefficient (Wildman–Crippen LogP) is 2.77. The molecule has 0 aromatic heterocycles. The van der Waals surface area contributed by atoms with Crippen molar-refractivity contribution >= 4 is 23.4 Å². The number of carbonyl (C=O) groups excluding carboxylic acids is 2. The van der Waals surface area contributed by atoms with Gasteiger partial charge in [0.25, 0.3) is 5.91 Å². The van der Waals surface area contributed by atoms with Gasteiger partial charge in [0, 0.05) is 30.1 Å². The summed E-state index contributed by atoms with van der Waals surface area (Å²) < 4.78 is 0. The lowest BCUT2D eigenvalue weighted by Crippen LogP contribution is -2.32. The van der Waals surface area contributed by atoms with Gasteiger partial charge in [0.2, 0.25) is 5.91 Å². The number of primary amides is 1. The summed E-state index contributed by atoms with van der Waals surface area (Å²) in [6, 6.07) is 5.36. The molecule has 2 amide bonds. The molecule has 1 aromatic rings. The molecule has 1 aliphatic heterocycles. The van der Waals surface area contributed by atoms with Gasteiger partial charge in [-0.05, 0) is 55.9 Å². The Balaban J connectivity index is 2.02. The largest absolute Gasteiger partial charge is 0.370 e. The third-order valence-corrected chi connectivity index (χ3v) is 4.45. The third kappa shape index (κ3) is 4.21. The number of hydrogen-bond acceptors (Lipinski definition) is 2. The van der Waals surface area contributed by atoms with Crippen LogP contribution in [0, 0.1) is 12.8 Å². The molecule has 2 N–H and O–H groups in total. The number of aryl methyl sites for hydroxylation is 1. The lowest BCUT2D eigenvalue weighted by Gasteiger charge is -2.21. The maximum atomic E-state index is 12.5. The van der Waals surface area contributed by atoms with E-state index < -0.39 is 0 Å². The minimum absolute atomic E-state index is 0.0366. The fraction of sp³-hybridized carbons (Fsp3) is 0.500. The van der Waals surface area contributed by atoms with Gasteiger partial charge < -0.3 is 10.6 Å². The highest BCUT2D eigenvalue weighted by molar-refractivity contribution is 6.31. The summed E-state index contributed by atoms with van der Waals surface area (Å²) in [7, 11) is 0. The molecule has 1 saturated heterocycles. The number of likely N-dealkylation sites (tertiary alicyclic amines) is 1. The molecule has 0 aliphatic carbocycles. The summed E-state index contributed by atoms with van der Waals surface area (Å²) >= 11 is 6.00. The molecule has 0 saturated carbocycles. The quantitative estimate of drug-likeness (QED) is 0.933. The molecule has 4 nitrogen and oxygen atoms in total. The van der Waals surface area contributed by atoms with Crippen LogP contribution < -0.4 is 5.73 Å². The SMILES string of the molecule is Cc1cc(C(=O)N2CCCC(CC(N)=O)CC2)ccc1Cl. The molecule has 5 heteroatoms. The van der Waals surface area contributed by atoms with E-state index in [1.807, 2.05) is 17.9 Å². The number of nitrogens with two attached hydrogens (primary N) is 1. The Morgan fingerprint density at radius 2 is 2.10 bits per heavy atom. The number of nitrogens with zero attached hydrogens (tertiary/aromatic N) is 1. The predicted molar refractivity (Wildman–Crippen MR) is 83.2 cm³/mol. The van der Waals surface area contributed by atoms with E-state index in [0.717, 1.165) is 31.4 Å². The summed E-state index contributed by atoms with van der Waals surface area (Å²) in [6.45, 7) is 3.30. The highest BCUT2D eigenvalue weighted by atomic mass is 35.5. The van der Waals surface area contributed by atoms with Gasteiger partial charge >= 0.3 is 0 Å². The maximum absolute atomic E-state index is 12.5. The second-order valence-corrected chi connectivity index (χ2v) is 6.13. The number of amides is 2. The third-order valence-electron chi connectivity index (χ3n) is 4.03. The molecule has 21 heavy (non-hydrogen) atoms. The summed E-state index contributed by atoms with van der Waals surface area (Å²) in [5.41, 5.74) is 6.84. The Kier molecular flexibility index (Phi) is 5.23. The Morgan fingerprint density at radius 3 is 2.76 bits per heavy atom. The van der Waals surface area contributed by atoms with Gasteiger partial charge in [-0.25, -0.2) is 0 Å². The topological polar surface area (TPSA) is 63.4 Å². The van der Waals surface area contributed by atoms with Crippen LogP contribution in [0.3, 0.4) is 0 Å². The molecule has 114 valence electrons. The van der Waals surface area contributed by atoms with Crippen LogP contribution in [0.25, 0.3) is 0 Å². The van der Waals surface area contributed by atoms with E-state index in [4.69, 9.17) is 17.3 Å². The minimum Gasteiger partial charge on any atom is -0.370 e. The second-order valence-electron chi connectivity index (χ2n) is 5.72. The maximum Gasteiger partial charge on any atom is 0.253 e. The van der Waals surface area contributed by atoms with Crippen molar-refractivity contribution in [2.75, 3.05) is 13.1 Å². The van der Waals surface area contributed by atoms with E-state index in [2.05, 4.69) is 0 Å². The Bertz CT molecular complexity index is 545. The van der Waals surface area contributed by atoms with E-state index in [-0.39, 0.29) is 11.8 Å². The van der Waals surface area contributed by atoms with Crippen LogP contribution in [0.2, 0.25) is 5.02 Å². The summed E-state index contributed by atoms with van der Waals surface area (Å²) in [4.78, 5) is 25.4. The van der Waals surface area contributed by atoms with E-state index in [1.54, 1.807) is 12.1 Å². The fourth-order valence-corrected chi connectivity index (χ4v) is 2.93. The molecular weight excluding hydrogens is 288 g/mol. The van der Waals surface area contributed by atoms with Gasteiger partial charge in [0.15, 0.2) is 0 Å². The average molecular weight is 309 g/mol. The van der Waals surface area contributed by atoms with Crippen LogP contribution in [-0.4, -0.2) is 29.8 Å². The Morgan fingerprint density at radius 1 is 1.33 bits per heavy atom. The fourth-order valence-electron chi connectivity index (χ4n) is 2.82. The zero-order valence-electron chi connectivity index (χ0n) is 12.3. The van der Waals surface area contributed by atoms with Crippen molar-refractivity contribution < 1.29 is 9.59 Å². The van der Waals surface area contributed by atoms with Crippen molar-refractivity contribution in [1.82, 2.24) is 4.90 Å². The van der Waals surface area contributed by atoms with Gasteiger partial charge in [-0.2, -0.15) is 0 Å². The molecule has 2 rings (SSSR count). The zero-order valence-corrected chi connectivity index (χ0v) is 13.0. The number of carbonyl (C=O) groups is 2. The van der Waals surface area contributed by atoms with E-state index >= 15 is 0 Å². The monoisotopic (exact) mass is 308 g/mol. The van der Waals surface area contributed by atoms with Crippen molar-refractivity contribution in [2.45, 2.75) is 32.6 Å². The van der Waals surface area contributed by atoms with Crippen molar-refractivity contribution in [3.8, 4) is 0 Å². The number of hydrogen-bond donors (Lipinski definition) is 1. The molecule has 1 unspecified atom stereocenters. The van der Waals surface area contributed by atoms with Crippen LogP contribution in [0.15, 0.2) is 18.2 Å². The number of rotatable bonds is 3. The number of halogens is 1. The second kappa shape index (κ2) is 6.94. The van der Waals surface area contributed by atoms with Gasteiger partial charge in [-0.15, -0.1) is 0 Å². The first kappa shape index (κ1) is 15.8. The zero-order chi connectivity index (χ0) is 15.4. The van der Waals surface area contributed by atoms with Gasteiger partial charge in [-0.1, -0.05) is 11.6 Å². The Labute approximate surface area is 130 Å². The Hall–Kier alpha value is -1.55. The normalized spacial score (nSPS) is 19.1. The summed E-state index contributed by atoms with van der Waals surface area (Å²) in [6.07, 6.45) is 3.12. The average Bonchev–Trinajstić information content (AvgIpc) is 2.66. The van der Waals surface area contributed by atoms with Crippen molar-refractivity contribution in [1.29, 1.82) is 0 Å². The lowest BCUT2D eigenvalue weighted by atomic mass is 9.97. The van der Waals surface area contributed by atoms with E-state index in [1.165, 1.54) is 0 Å². The van der Waals surface area contributed by atoms with Crippen molar-refractivity contribution in [3.63, 3.8) is 0 Å². The van der Waals surface area contributed by atoms with E-state index in [0.29, 0.717) is 29.5 Å². The molecule has 1 heterocycles. The van der Waals surface area contributed by atoms with Crippen LogP contribution in [-0.2, 0) is 4.79 Å². The van der Waals surface area contributed by atoms with Crippen LogP contribution in [0.1, 0.15) is 41.6 Å².